The molecule has 0 bridgehead atoms. The lowest BCUT2D eigenvalue weighted by Crippen LogP contribution is -2.47. The lowest BCUT2D eigenvalue weighted by atomic mass is 9.88. The van der Waals surface area contributed by atoms with Gasteiger partial charge in [-0.1, -0.05) is 24.1 Å². The molecule has 0 saturated heterocycles. The first-order valence-electron chi connectivity index (χ1n) is 7.09. The van der Waals surface area contributed by atoms with E-state index in [1.807, 2.05) is 0 Å². The van der Waals surface area contributed by atoms with Crippen molar-refractivity contribution in [3.8, 4) is 12.3 Å². The van der Waals surface area contributed by atoms with Gasteiger partial charge in [0.2, 0.25) is 0 Å². The molecular formula is C17H16ClFN2O. The normalized spacial score (nSPS) is 18.5. The van der Waals surface area contributed by atoms with Crippen molar-refractivity contribution in [1.29, 1.82) is 0 Å². The largest absolute Gasteiger partial charge is 0.386 e. The molecule has 2 aromatic rings. The van der Waals surface area contributed by atoms with E-state index in [9.17, 15) is 9.50 Å². The Morgan fingerprint density at radius 2 is 2.18 bits per heavy atom. The van der Waals surface area contributed by atoms with Gasteiger partial charge in [-0.05, 0) is 24.5 Å². The van der Waals surface area contributed by atoms with Crippen LogP contribution in [0.5, 0.6) is 0 Å². The maximum absolute atomic E-state index is 13.9. The van der Waals surface area contributed by atoms with Gasteiger partial charge in [0.25, 0.3) is 0 Å². The van der Waals surface area contributed by atoms with Crippen LogP contribution in [0.1, 0.15) is 24.1 Å². The highest BCUT2D eigenvalue weighted by molar-refractivity contribution is 6.26. The Labute approximate surface area is 133 Å². The van der Waals surface area contributed by atoms with Gasteiger partial charge < -0.3 is 9.67 Å². The molecule has 5 heteroatoms. The van der Waals surface area contributed by atoms with Gasteiger partial charge in [0.05, 0.1) is 23.9 Å². The number of nitrogens with zero attached hydrogens (tertiary/aromatic N) is 2. The molecule has 0 amide bonds. The van der Waals surface area contributed by atoms with Gasteiger partial charge in [-0.3, -0.25) is 0 Å². The minimum atomic E-state index is -1.29. The van der Waals surface area contributed by atoms with Crippen LogP contribution >= 0.6 is 11.6 Å². The third-order valence-corrected chi connectivity index (χ3v) is 4.99. The van der Waals surface area contributed by atoms with E-state index in [2.05, 4.69) is 10.9 Å². The number of benzene rings is 1. The number of alkyl halides is 1. The first kappa shape index (κ1) is 15.1. The number of imidazole rings is 1. The average molecular weight is 319 g/mol. The predicted octanol–water partition coefficient (Wildman–Crippen LogP) is 2.75. The lowest BCUT2D eigenvalue weighted by Gasteiger charge is -2.34. The maximum atomic E-state index is 13.9. The van der Waals surface area contributed by atoms with Crippen LogP contribution in [0, 0.1) is 18.2 Å². The van der Waals surface area contributed by atoms with Crippen molar-refractivity contribution in [1.82, 2.24) is 9.55 Å². The maximum Gasteiger partial charge on any atom is 0.126 e. The SMILES string of the molecule is C#Cc1cncn1CC(O)(Cc1ccccc1F)C1(Cl)CC1. The molecule has 3 nitrogen and oxygen atoms in total. The van der Waals surface area contributed by atoms with E-state index in [1.165, 1.54) is 6.07 Å². The third-order valence-electron chi connectivity index (χ3n) is 4.26. The van der Waals surface area contributed by atoms with Crippen LogP contribution in [0.2, 0.25) is 0 Å². The Bertz CT molecular complexity index is 726. The van der Waals surface area contributed by atoms with Crippen LogP contribution in [-0.4, -0.2) is 25.1 Å². The van der Waals surface area contributed by atoms with Gasteiger partial charge in [-0.15, -0.1) is 18.0 Å². The second-order valence-corrected chi connectivity index (χ2v) is 6.54. The molecule has 3 rings (SSSR count). The van der Waals surface area contributed by atoms with Gasteiger partial charge in [-0.2, -0.15) is 0 Å². The first-order chi connectivity index (χ1) is 10.5. The molecule has 1 aliphatic carbocycles. The molecular weight excluding hydrogens is 303 g/mol. The van der Waals surface area contributed by atoms with Crippen molar-refractivity contribution in [2.45, 2.75) is 36.3 Å². The fourth-order valence-electron chi connectivity index (χ4n) is 2.74. The molecule has 1 unspecified atom stereocenters. The van der Waals surface area contributed by atoms with Crippen molar-refractivity contribution in [3.63, 3.8) is 0 Å². The molecule has 1 atom stereocenters. The monoisotopic (exact) mass is 318 g/mol. The predicted molar refractivity (Wildman–Crippen MR) is 83.0 cm³/mol. The quantitative estimate of drug-likeness (QED) is 0.680. The fraction of sp³-hybridized carbons (Fsp3) is 0.353. The van der Waals surface area contributed by atoms with Crippen molar-refractivity contribution < 1.29 is 9.50 Å². The van der Waals surface area contributed by atoms with Crippen LogP contribution in [0.4, 0.5) is 4.39 Å². The molecule has 1 heterocycles. The van der Waals surface area contributed by atoms with Crippen LogP contribution < -0.4 is 0 Å². The van der Waals surface area contributed by atoms with Gasteiger partial charge >= 0.3 is 0 Å². The van der Waals surface area contributed by atoms with E-state index in [0.717, 1.165) is 0 Å². The van der Waals surface area contributed by atoms with E-state index < -0.39 is 10.5 Å². The number of hydrogen-bond acceptors (Lipinski definition) is 2. The zero-order chi connectivity index (χ0) is 15.8. The summed E-state index contributed by atoms with van der Waals surface area (Å²) in [6.07, 6.45) is 10.1. The highest BCUT2D eigenvalue weighted by Crippen LogP contribution is 2.53. The van der Waals surface area contributed by atoms with E-state index in [0.29, 0.717) is 24.1 Å². The number of halogens is 2. The molecule has 1 N–H and O–H groups in total. The fourth-order valence-corrected chi connectivity index (χ4v) is 2.96. The topological polar surface area (TPSA) is 38.0 Å². The summed E-state index contributed by atoms with van der Waals surface area (Å²) in [5.41, 5.74) is -0.282. The standard InChI is InChI=1S/C17H16ClFN2O/c1-2-14-10-20-12-21(14)11-17(22,16(18)7-8-16)9-13-5-3-4-6-15(13)19/h1,3-6,10,12,22H,7-9,11H2. The molecule has 0 radical (unpaired) electrons. The molecule has 1 aliphatic rings. The Hall–Kier alpha value is -1.83. The third kappa shape index (κ3) is 2.63. The molecule has 1 saturated carbocycles. The van der Waals surface area contributed by atoms with Gasteiger partial charge in [-0.25, -0.2) is 9.37 Å². The summed E-state index contributed by atoms with van der Waals surface area (Å²) in [6, 6.07) is 6.42. The summed E-state index contributed by atoms with van der Waals surface area (Å²) < 4.78 is 15.6. The summed E-state index contributed by atoms with van der Waals surface area (Å²) in [6.45, 7) is 0.185. The van der Waals surface area contributed by atoms with E-state index >= 15 is 0 Å². The second-order valence-electron chi connectivity index (χ2n) is 5.82. The lowest BCUT2D eigenvalue weighted by molar-refractivity contribution is 0.00996. The zero-order valence-electron chi connectivity index (χ0n) is 12.0. The summed E-state index contributed by atoms with van der Waals surface area (Å²) >= 11 is 6.51. The first-order valence-corrected chi connectivity index (χ1v) is 7.47. The zero-order valence-corrected chi connectivity index (χ0v) is 12.7. The van der Waals surface area contributed by atoms with Crippen LogP contribution in [0.3, 0.4) is 0 Å². The summed E-state index contributed by atoms with van der Waals surface area (Å²) in [7, 11) is 0. The van der Waals surface area contributed by atoms with Crippen LogP contribution in [0.15, 0.2) is 36.8 Å². The second kappa shape index (κ2) is 5.42. The summed E-state index contributed by atoms with van der Waals surface area (Å²) in [4.78, 5) is 3.25. The summed E-state index contributed by atoms with van der Waals surface area (Å²) in [5.74, 6) is 2.17. The van der Waals surface area contributed by atoms with E-state index in [1.54, 1.807) is 35.3 Å². The molecule has 0 aliphatic heterocycles. The number of terminal acetylenes is 1. The molecule has 1 aromatic heterocycles. The van der Waals surface area contributed by atoms with Crippen LogP contribution in [0.25, 0.3) is 0 Å². The van der Waals surface area contributed by atoms with Crippen molar-refractivity contribution in [2.75, 3.05) is 0 Å². The van der Waals surface area contributed by atoms with Crippen LogP contribution in [-0.2, 0) is 13.0 Å². The number of hydrogen-bond donors (Lipinski definition) is 1. The van der Waals surface area contributed by atoms with Crippen molar-refractivity contribution in [3.05, 3.63) is 53.9 Å². The number of rotatable bonds is 5. The summed E-state index contributed by atoms with van der Waals surface area (Å²) in [5, 5.41) is 11.2. The van der Waals surface area contributed by atoms with E-state index in [-0.39, 0.29) is 18.8 Å². The smallest absolute Gasteiger partial charge is 0.126 e. The Morgan fingerprint density at radius 1 is 1.45 bits per heavy atom. The Morgan fingerprint density at radius 3 is 2.82 bits per heavy atom. The number of aromatic nitrogens is 2. The molecule has 22 heavy (non-hydrogen) atoms. The Kier molecular flexibility index (Phi) is 3.72. The average Bonchev–Trinajstić information content (AvgIpc) is 3.10. The van der Waals surface area contributed by atoms with E-state index in [4.69, 9.17) is 18.0 Å². The Balaban J connectivity index is 1.93. The minimum Gasteiger partial charge on any atom is -0.386 e. The van der Waals surface area contributed by atoms with Gasteiger partial charge in [0.1, 0.15) is 17.1 Å². The number of aliphatic hydroxyl groups is 1. The highest BCUT2D eigenvalue weighted by Gasteiger charge is 2.58. The highest BCUT2D eigenvalue weighted by atomic mass is 35.5. The van der Waals surface area contributed by atoms with Gasteiger partial charge in [0, 0.05) is 6.42 Å². The van der Waals surface area contributed by atoms with Crippen molar-refractivity contribution >= 4 is 11.6 Å². The van der Waals surface area contributed by atoms with Gasteiger partial charge in [0.15, 0.2) is 0 Å². The molecule has 114 valence electrons. The molecule has 1 aromatic carbocycles. The van der Waals surface area contributed by atoms with Crippen molar-refractivity contribution in [2.24, 2.45) is 0 Å². The molecule has 0 spiro atoms. The minimum absolute atomic E-state index is 0.130. The molecule has 1 fully saturated rings.